The zero-order chi connectivity index (χ0) is 28.6. The van der Waals surface area contributed by atoms with Crippen LogP contribution >= 0.6 is 23.1 Å². The zero-order valence-corrected chi connectivity index (χ0v) is 22.1. The van der Waals surface area contributed by atoms with Crippen molar-refractivity contribution in [1.29, 1.82) is 0 Å². The number of oxime groups is 1. The summed E-state index contributed by atoms with van der Waals surface area (Å²) in [5.41, 5.74) is 5.27. The second kappa shape index (κ2) is 10.9. The van der Waals surface area contributed by atoms with Crippen LogP contribution in [0, 0.1) is 0 Å². The number of fused-ring (bicyclic) bond motifs is 2. The van der Waals surface area contributed by atoms with E-state index in [1.165, 1.54) is 42.3 Å². The Morgan fingerprint density at radius 2 is 2.05 bits per heavy atom. The number of nitrogen functional groups attached to an aromatic ring is 1. The lowest BCUT2D eigenvalue weighted by molar-refractivity contribution is -0.150. The molecular weight excluding hydrogens is 570 g/mol. The molecule has 1 fully saturated rings. The number of carboxylic acid groups (broad SMARTS) is 1. The minimum atomic E-state index is -1.37. The zero-order valence-electron chi connectivity index (χ0n) is 20.4. The first-order valence-electron chi connectivity index (χ1n) is 11.4. The van der Waals surface area contributed by atoms with Gasteiger partial charge in [0.1, 0.15) is 29.4 Å². The van der Waals surface area contributed by atoms with Gasteiger partial charge in [-0.2, -0.15) is 0 Å². The van der Waals surface area contributed by atoms with Crippen molar-refractivity contribution in [3.63, 3.8) is 0 Å². The molecule has 1 saturated heterocycles. The first-order valence-corrected chi connectivity index (χ1v) is 13.3. The van der Waals surface area contributed by atoms with E-state index in [1.54, 1.807) is 0 Å². The van der Waals surface area contributed by atoms with Crippen LogP contribution in [0.3, 0.4) is 0 Å². The molecule has 4 N–H and O–H groups in total. The molecule has 0 saturated carbocycles. The number of rotatable bonds is 8. The van der Waals surface area contributed by atoms with Crippen molar-refractivity contribution in [2.75, 3.05) is 24.9 Å². The fourth-order valence-electron chi connectivity index (χ4n) is 3.96. The number of carboxylic acids is 1. The maximum atomic E-state index is 13.2. The van der Waals surface area contributed by atoms with Gasteiger partial charge >= 0.3 is 17.9 Å². The van der Waals surface area contributed by atoms with Crippen LogP contribution in [0.1, 0.15) is 23.0 Å². The average molecular weight is 590 g/mol. The van der Waals surface area contributed by atoms with Gasteiger partial charge < -0.3 is 35.2 Å². The Balaban J connectivity index is 1.33. The van der Waals surface area contributed by atoms with E-state index in [1.807, 2.05) is 0 Å². The van der Waals surface area contributed by atoms with Crippen molar-refractivity contribution in [2.45, 2.75) is 18.3 Å². The van der Waals surface area contributed by atoms with Crippen LogP contribution in [0.15, 0.2) is 40.0 Å². The number of benzene rings is 1. The number of aromatic nitrogens is 1. The summed E-state index contributed by atoms with van der Waals surface area (Å²) in [7, 11) is 0. The predicted molar refractivity (Wildman–Crippen MR) is 137 cm³/mol. The Bertz CT molecular complexity index is 1500. The quantitative estimate of drug-likeness (QED) is 0.125. The van der Waals surface area contributed by atoms with Gasteiger partial charge in [-0.05, 0) is 18.2 Å². The van der Waals surface area contributed by atoms with Gasteiger partial charge in [-0.1, -0.05) is 5.16 Å². The Labute approximate surface area is 232 Å². The number of nitrogens with two attached hydrogens (primary N) is 1. The SMILES string of the molecule is CC(=O)OCC1=C(C(=O)O)N2C(=O)[C@@H](NC(=O)/C(=N\OC(=O)c3ccc4c(c3)OCO4)c3csc(N)n3)[C@H]2SC1. The van der Waals surface area contributed by atoms with Crippen LogP contribution in [0.5, 0.6) is 11.5 Å². The molecule has 40 heavy (non-hydrogen) atoms. The van der Waals surface area contributed by atoms with E-state index in [0.29, 0.717) is 11.5 Å². The molecule has 2 atom stereocenters. The summed E-state index contributed by atoms with van der Waals surface area (Å²) in [6.45, 7) is 0.908. The molecule has 2 aromatic rings. The van der Waals surface area contributed by atoms with Crippen molar-refractivity contribution in [2.24, 2.45) is 5.16 Å². The van der Waals surface area contributed by atoms with Gasteiger partial charge in [0.15, 0.2) is 22.3 Å². The lowest BCUT2D eigenvalue weighted by Crippen LogP contribution is -2.71. The number of thioether (sulfide) groups is 1. The van der Waals surface area contributed by atoms with E-state index in [0.717, 1.165) is 16.2 Å². The summed E-state index contributed by atoms with van der Waals surface area (Å²) in [4.78, 5) is 71.9. The number of β-lactam (4-membered cyclic amide) rings is 1. The number of anilines is 1. The second-order valence-corrected chi connectivity index (χ2v) is 10.4. The van der Waals surface area contributed by atoms with Crippen molar-refractivity contribution in [3.8, 4) is 11.5 Å². The molecule has 4 heterocycles. The topological polar surface area (TPSA) is 209 Å². The van der Waals surface area contributed by atoms with Crippen LogP contribution in [-0.2, 0) is 28.8 Å². The molecule has 0 unspecified atom stereocenters. The van der Waals surface area contributed by atoms with Crippen LogP contribution in [0.2, 0.25) is 0 Å². The van der Waals surface area contributed by atoms with E-state index >= 15 is 0 Å². The molecule has 2 amide bonds. The van der Waals surface area contributed by atoms with Crippen LogP contribution in [0.25, 0.3) is 0 Å². The predicted octanol–water partition coefficient (Wildman–Crippen LogP) is 0.317. The summed E-state index contributed by atoms with van der Waals surface area (Å²) >= 11 is 2.19. The number of nitrogens with zero attached hydrogens (tertiary/aromatic N) is 3. The maximum absolute atomic E-state index is 13.2. The lowest BCUT2D eigenvalue weighted by atomic mass is 10.0. The lowest BCUT2D eigenvalue weighted by Gasteiger charge is -2.49. The Morgan fingerprint density at radius 1 is 1.27 bits per heavy atom. The standard InChI is InChI=1S/C23H19N5O10S2/c1-9(29)35-5-11-6-39-20-16(19(31)28(20)17(11)21(32)33)26-18(30)15(12-7-40-23(24)25-12)27-38-22(34)10-2-3-13-14(4-10)37-8-36-13/h2-4,7,16,20H,5-6,8H2,1H3,(H2,24,25)(H,26,30)(H,32,33)/b27-15-/t16-,20-/m1/s1. The first-order chi connectivity index (χ1) is 19.1. The number of amides is 2. The number of hydrogen-bond donors (Lipinski definition) is 3. The number of ether oxygens (including phenoxy) is 3. The molecule has 3 aliphatic heterocycles. The first kappa shape index (κ1) is 26.9. The van der Waals surface area contributed by atoms with E-state index in [2.05, 4.69) is 15.5 Å². The number of nitrogens with one attached hydrogen (secondary N) is 1. The van der Waals surface area contributed by atoms with E-state index in [-0.39, 0.29) is 46.8 Å². The number of thiazole rings is 1. The molecule has 17 heteroatoms. The summed E-state index contributed by atoms with van der Waals surface area (Å²) < 4.78 is 15.4. The largest absolute Gasteiger partial charge is 0.477 e. The summed E-state index contributed by atoms with van der Waals surface area (Å²) in [5, 5.41) is 16.7. The van der Waals surface area contributed by atoms with Crippen molar-refractivity contribution >= 4 is 63.7 Å². The highest BCUT2D eigenvalue weighted by Crippen LogP contribution is 2.40. The third-order valence-corrected chi connectivity index (χ3v) is 7.81. The van der Waals surface area contributed by atoms with Gasteiger partial charge in [-0.3, -0.25) is 19.3 Å². The molecule has 0 bridgehead atoms. The monoisotopic (exact) mass is 589 g/mol. The van der Waals surface area contributed by atoms with Crippen molar-refractivity contribution in [3.05, 3.63) is 46.1 Å². The molecule has 5 rings (SSSR count). The van der Waals surface area contributed by atoms with E-state index in [9.17, 15) is 29.1 Å². The van der Waals surface area contributed by atoms with Gasteiger partial charge in [0, 0.05) is 23.6 Å². The molecule has 15 nitrogen and oxygen atoms in total. The molecular formula is C23H19N5O10S2. The minimum Gasteiger partial charge on any atom is -0.477 e. The summed E-state index contributed by atoms with van der Waals surface area (Å²) in [5.74, 6) is -3.54. The minimum absolute atomic E-state index is 0.00630. The van der Waals surface area contributed by atoms with Gasteiger partial charge in [0.25, 0.3) is 11.8 Å². The Morgan fingerprint density at radius 3 is 2.75 bits per heavy atom. The van der Waals surface area contributed by atoms with E-state index < -0.39 is 46.8 Å². The number of aliphatic carboxylic acids is 1. The summed E-state index contributed by atoms with van der Waals surface area (Å²) in [6.07, 6.45) is 0. The molecule has 3 aliphatic rings. The average Bonchev–Trinajstić information content (AvgIpc) is 3.58. The number of carbonyl (C=O) groups excluding carboxylic acids is 4. The molecule has 0 aliphatic carbocycles. The third-order valence-electron chi connectivity index (χ3n) is 5.79. The molecule has 1 aromatic carbocycles. The van der Waals surface area contributed by atoms with Crippen LogP contribution in [-0.4, -0.2) is 81.0 Å². The van der Waals surface area contributed by atoms with Crippen molar-refractivity contribution < 1.29 is 48.1 Å². The molecule has 1 aromatic heterocycles. The third kappa shape index (κ3) is 5.15. The van der Waals surface area contributed by atoms with Gasteiger partial charge in [-0.15, -0.1) is 23.1 Å². The van der Waals surface area contributed by atoms with Gasteiger partial charge in [-0.25, -0.2) is 14.6 Å². The van der Waals surface area contributed by atoms with Crippen molar-refractivity contribution in [1.82, 2.24) is 15.2 Å². The van der Waals surface area contributed by atoms with E-state index in [4.69, 9.17) is 24.8 Å². The maximum Gasteiger partial charge on any atom is 0.365 e. The highest BCUT2D eigenvalue weighted by atomic mass is 32.2. The molecule has 208 valence electrons. The number of esters is 1. The van der Waals surface area contributed by atoms with Gasteiger partial charge in [0.2, 0.25) is 6.79 Å². The van der Waals surface area contributed by atoms with Crippen LogP contribution in [0.4, 0.5) is 5.13 Å². The summed E-state index contributed by atoms with van der Waals surface area (Å²) in [6, 6.07) is 3.22. The Hall–Kier alpha value is -4.64. The van der Waals surface area contributed by atoms with Gasteiger partial charge in [0.05, 0.1) is 5.56 Å². The fraction of sp³-hybridized carbons (Fsp3) is 0.261. The number of carbonyl (C=O) groups is 5. The highest BCUT2D eigenvalue weighted by molar-refractivity contribution is 8.00. The Kier molecular flexibility index (Phi) is 7.31. The smallest absolute Gasteiger partial charge is 0.365 e. The van der Waals surface area contributed by atoms with Crippen LogP contribution < -0.4 is 20.5 Å². The highest BCUT2D eigenvalue weighted by Gasteiger charge is 2.54. The second-order valence-electron chi connectivity index (χ2n) is 8.36. The molecule has 0 radical (unpaired) electrons. The fourth-order valence-corrected chi connectivity index (χ4v) is 5.83. The number of hydrogen-bond acceptors (Lipinski definition) is 14. The normalized spacial score (nSPS) is 19.5. The molecule has 0 spiro atoms.